The van der Waals surface area contributed by atoms with Gasteiger partial charge < -0.3 is 10.8 Å². The van der Waals surface area contributed by atoms with Crippen LogP contribution in [0.15, 0.2) is 0 Å². The van der Waals surface area contributed by atoms with Crippen molar-refractivity contribution in [3.63, 3.8) is 0 Å². The van der Waals surface area contributed by atoms with Gasteiger partial charge in [0, 0.05) is 12.8 Å². The van der Waals surface area contributed by atoms with Crippen LogP contribution in [-0.4, -0.2) is 40.4 Å². The second-order valence-electron chi connectivity index (χ2n) is 10.5. The first-order valence-electron chi connectivity index (χ1n) is 15.3. The van der Waals surface area contributed by atoms with E-state index in [1.165, 1.54) is 77.0 Å². The highest BCUT2D eigenvalue weighted by molar-refractivity contribution is 5.99. The lowest BCUT2D eigenvalue weighted by Gasteiger charge is -2.27. The second-order valence-corrected chi connectivity index (χ2v) is 10.5. The summed E-state index contributed by atoms with van der Waals surface area (Å²) >= 11 is 0. The van der Waals surface area contributed by atoms with E-state index in [0.29, 0.717) is 32.2 Å². The lowest BCUT2D eigenvalue weighted by molar-refractivity contribution is -0.158. The van der Waals surface area contributed by atoms with Crippen LogP contribution in [0, 0.1) is 0 Å². The standard InChI is InChI=1S/C30H58N2O4/c1-3-5-7-9-11-13-15-17-19-24-28(33)32(27(30(35)36)23-21-22-26-31)29(34)25-20-18-16-14-12-10-8-6-4-2/h27H,3-26,31H2,1-2H3,(H,35,36). The van der Waals surface area contributed by atoms with E-state index in [1.54, 1.807) is 0 Å². The summed E-state index contributed by atoms with van der Waals surface area (Å²) in [6.45, 7) is 4.91. The minimum absolute atomic E-state index is 0.250. The third-order valence-electron chi connectivity index (χ3n) is 7.05. The van der Waals surface area contributed by atoms with E-state index in [1.807, 2.05) is 0 Å². The topological polar surface area (TPSA) is 101 Å². The van der Waals surface area contributed by atoms with E-state index in [2.05, 4.69) is 13.8 Å². The predicted octanol–water partition coefficient (Wildman–Crippen LogP) is 7.77. The minimum Gasteiger partial charge on any atom is -0.480 e. The van der Waals surface area contributed by atoms with Crippen molar-refractivity contribution in [2.75, 3.05) is 6.54 Å². The first-order valence-corrected chi connectivity index (χ1v) is 15.3. The first-order chi connectivity index (χ1) is 17.5. The quantitative estimate of drug-likeness (QED) is 0.116. The number of unbranched alkanes of at least 4 members (excludes halogenated alkanes) is 17. The molecule has 0 fully saturated rings. The molecule has 0 aromatic heterocycles. The van der Waals surface area contributed by atoms with Crippen molar-refractivity contribution in [3.8, 4) is 0 Å². The third-order valence-corrected chi connectivity index (χ3v) is 7.05. The molecule has 0 aliphatic rings. The van der Waals surface area contributed by atoms with Crippen LogP contribution >= 0.6 is 0 Å². The molecule has 0 saturated heterocycles. The average molecular weight is 511 g/mol. The lowest BCUT2D eigenvalue weighted by atomic mass is 10.0. The summed E-state index contributed by atoms with van der Waals surface area (Å²) in [5, 5.41) is 9.82. The Hall–Kier alpha value is -1.43. The van der Waals surface area contributed by atoms with Crippen LogP contribution in [0.5, 0.6) is 0 Å². The smallest absolute Gasteiger partial charge is 0.326 e. The molecule has 1 unspecified atom stereocenters. The van der Waals surface area contributed by atoms with E-state index < -0.39 is 12.0 Å². The van der Waals surface area contributed by atoms with Crippen LogP contribution in [0.1, 0.15) is 162 Å². The first kappa shape index (κ1) is 34.6. The summed E-state index contributed by atoms with van der Waals surface area (Å²) in [4.78, 5) is 39.2. The van der Waals surface area contributed by atoms with Crippen molar-refractivity contribution in [3.05, 3.63) is 0 Å². The molecule has 3 N–H and O–H groups in total. The number of imide groups is 1. The second kappa shape index (κ2) is 25.2. The molecule has 0 aromatic rings. The molecule has 0 aliphatic carbocycles. The van der Waals surface area contributed by atoms with Gasteiger partial charge in [0.25, 0.3) is 0 Å². The predicted molar refractivity (Wildman–Crippen MR) is 150 cm³/mol. The number of hydrogen-bond donors (Lipinski definition) is 2. The molecule has 0 aromatic carbocycles. The van der Waals surface area contributed by atoms with Gasteiger partial charge in [-0.3, -0.25) is 14.5 Å². The fraction of sp³-hybridized carbons (Fsp3) is 0.900. The van der Waals surface area contributed by atoms with Gasteiger partial charge in [-0.15, -0.1) is 0 Å². The van der Waals surface area contributed by atoms with Crippen LogP contribution in [0.3, 0.4) is 0 Å². The normalized spacial score (nSPS) is 12.0. The SMILES string of the molecule is CCCCCCCCCCCC(=O)N(C(=O)CCCCCCCCCCC)C(CCCCN)C(=O)O. The van der Waals surface area contributed by atoms with Gasteiger partial charge in [-0.1, -0.05) is 117 Å². The van der Waals surface area contributed by atoms with Gasteiger partial charge >= 0.3 is 5.97 Å². The highest BCUT2D eigenvalue weighted by Gasteiger charge is 2.33. The van der Waals surface area contributed by atoms with Crippen molar-refractivity contribution in [1.29, 1.82) is 0 Å². The zero-order valence-electron chi connectivity index (χ0n) is 23.7. The highest BCUT2D eigenvalue weighted by Crippen LogP contribution is 2.18. The van der Waals surface area contributed by atoms with Gasteiger partial charge in [0.05, 0.1) is 0 Å². The molecule has 2 amide bonds. The Balaban J connectivity index is 4.62. The van der Waals surface area contributed by atoms with E-state index in [-0.39, 0.29) is 31.1 Å². The summed E-state index contributed by atoms with van der Waals surface area (Å²) in [5.74, 6) is -1.73. The molecule has 0 bridgehead atoms. The number of carboxylic acid groups (broad SMARTS) is 1. The lowest BCUT2D eigenvalue weighted by Crippen LogP contribution is -2.48. The van der Waals surface area contributed by atoms with Crippen LogP contribution in [0.4, 0.5) is 0 Å². The molecule has 0 spiro atoms. The number of nitrogens with zero attached hydrogens (tertiary/aromatic N) is 1. The van der Waals surface area contributed by atoms with E-state index >= 15 is 0 Å². The molecule has 6 heteroatoms. The van der Waals surface area contributed by atoms with E-state index in [0.717, 1.165) is 30.6 Å². The van der Waals surface area contributed by atoms with E-state index in [4.69, 9.17) is 5.73 Å². The molecule has 6 nitrogen and oxygen atoms in total. The van der Waals surface area contributed by atoms with Crippen molar-refractivity contribution in [1.82, 2.24) is 4.90 Å². The molecular weight excluding hydrogens is 452 g/mol. The zero-order valence-corrected chi connectivity index (χ0v) is 23.7. The Morgan fingerprint density at radius 3 is 1.28 bits per heavy atom. The van der Waals surface area contributed by atoms with Gasteiger partial charge in [0.15, 0.2) is 0 Å². The molecule has 0 heterocycles. The zero-order chi connectivity index (χ0) is 26.9. The number of nitrogens with two attached hydrogens (primary N) is 1. The van der Waals surface area contributed by atoms with Crippen molar-refractivity contribution in [2.24, 2.45) is 5.73 Å². The molecule has 36 heavy (non-hydrogen) atoms. The van der Waals surface area contributed by atoms with Crippen LogP contribution < -0.4 is 5.73 Å². The molecule has 1 atom stereocenters. The third kappa shape index (κ3) is 18.8. The molecule has 0 aliphatic heterocycles. The average Bonchev–Trinajstić information content (AvgIpc) is 2.86. The van der Waals surface area contributed by atoms with Gasteiger partial charge in [-0.2, -0.15) is 0 Å². The molecule has 0 radical (unpaired) electrons. The number of carbonyl (C=O) groups excluding carboxylic acids is 2. The molecule has 0 saturated carbocycles. The molecule has 212 valence electrons. The summed E-state index contributed by atoms with van der Waals surface area (Å²) in [6.07, 6.45) is 22.6. The Bertz CT molecular complexity index is 519. The number of carboxylic acids is 1. The minimum atomic E-state index is -1.09. The maximum Gasteiger partial charge on any atom is 0.326 e. The monoisotopic (exact) mass is 510 g/mol. The Labute approximate surface area is 222 Å². The number of rotatable bonds is 26. The summed E-state index contributed by atoms with van der Waals surface area (Å²) in [6, 6.07) is -1.08. The highest BCUT2D eigenvalue weighted by atomic mass is 16.4. The Morgan fingerprint density at radius 2 is 0.944 bits per heavy atom. The van der Waals surface area contributed by atoms with Gasteiger partial charge in [0.1, 0.15) is 6.04 Å². The van der Waals surface area contributed by atoms with Crippen LogP contribution in [0.2, 0.25) is 0 Å². The van der Waals surface area contributed by atoms with Crippen molar-refractivity contribution in [2.45, 2.75) is 168 Å². The maximum absolute atomic E-state index is 13.0. The van der Waals surface area contributed by atoms with Crippen LogP contribution in [-0.2, 0) is 14.4 Å². The van der Waals surface area contributed by atoms with Gasteiger partial charge in [-0.05, 0) is 38.6 Å². The van der Waals surface area contributed by atoms with Gasteiger partial charge in [-0.25, -0.2) is 4.79 Å². The van der Waals surface area contributed by atoms with Crippen molar-refractivity contribution >= 4 is 17.8 Å². The van der Waals surface area contributed by atoms with Gasteiger partial charge in [0.2, 0.25) is 11.8 Å². The number of aliphatic carboxylic acids is 1. The maximum atomic E-state index is 13.0. The van der Waals surface area contributed by atoms with E-state index in [9.17, 15) is 19.5 Å². The number of hydrogen-bond acceptors (Lipinski definition) is 4. The van der Waals surface area contributed by atoms with Crippen LogP contribution in [0.25, 0.3) is 0 Å². The Kier molecular flexibility index (Phi) is 24.2. The Morgan fingerprint density at radius 1 is 0.583 bits per heavy atom. The fourth-order valence-electron chi connectivity index (χ4n) is 4.75. The fourth-order valence-corrected chi connectivity index (χ4v) is 4.75. The summed E-state index contributed by atoms with van der Waals surface area (Å²) in [5.41, 5.74) is 5.57. The van der Waals surface area contributed by atoms with Crippen molar-refractivity contribution < 1.29 is 19.5 Å². The summed E-state index contributed by atoms with van der Waals surface area (Å²) in [7, 11) is 0. The largest absolute Gasteiger partial charge is 0.480 e. The molecular formula is C30H58N2O4. The molecule has 0 rings (SSSR count). The summed E-state index contributed by atoms with van der Waals surface area (Å²) < 4.78 is 0. The number of amides is 2. The number of carbonyl (C=O) groups is 3.